The Morgan fingerprint density at radius 2 is 1.94 bits per heavy atom. The summed E-state index contributed by atoms with van der Waals surface area (Å²) in [6, 6.07) is 13.7. The highest BCUT2D eigenvalue weighted by atomic mass is 79.9. The van der Waals surface area contributed by atoms with Gasteiger partial charge < -0.3 is 5.32 Å². The van der Waals surface area contributed by atoms with Crippen LogP contribution in [0, 0.1) is 0 Å². The van der Waals surface area contributed by atoms with Crippen molar-refractivity contribution in [3.8, 4) is 0 Å². The van der Waals surface area contributed by atoms with Gasteiger partial charge in [-0.15, -0.1) is 0 Å². The summed E-state index contributed by atoms with van der Waals surface area (Å²) in [4.78, 5) is 12.4. The molecule has 0 bridgehead atoms. The average molecular weight is 326 g/mol. The highest BCUT2D eigenvalue weighted by molar-refractivity contribution is 9.10. The summed E-state index contributed by atoms with van der Waals surface area (Å²) in [5, 5.41) is 2.76. The van der Waals surface area contributed by atoms with Gasteiger partial charge in [-0.1, -0.05) is 18.2 Å². The summed E-state index contributed by atoms with van der Waals surface area (Å²) in [6.07, 6.45) is 0. The van der Waals surface area contributed by atoms with Gasteiger partial charge in [-0.05, 0) is 46.3 Å². The fraction of sp³-hybridized carbons (Fsp3) is 0. The molecule has 5 heteroatoms. The van der Waals surface area contributed by atoms with Crippen molar-refractivity contribution in [2.75, 3.05) is 5.32 Å². The zero-order valence-electron chi connectivity index (χ0n) is 9.19. The number of halogens is 2. The van der Waals surface area contributed by atoms with Crippen LogP contribution in [0.5, 0.6) is 0 Å². The number of rotatable bonds is 3. The first-order chi connectivity index (χ1) is 8.70. The molecule has 0 radical (unpaired) electrons. The second-order valence-corrected chi connectivity index (χ2v) is 5.02. The molecule has 0 saturated heterocycles. The lowest BCUT2D eigenvalue weighted by Gasteiger charge is -2.07. The van der Waals surface area contributed by atoms with E-state index in [2.05, 4.69) is 21.2 Å². The van der Waals surface area contributed by atoms with E-state index < -0.39 is 0 Å². The van der Waals surface area contributed by atoms with Gasteiger partial charge in [-0.2, -0.15) is 3.89 Å². The van der Waals surface area contributed by atoms with E-state index in [0.717, 1.165) is 4.47 Å². The Morgan fingerprint density at radius 3 is 2.67 bits per heavy atom. The molecule has 0 fully saturated rings. The zero-order valence-corrected chi connectivity index (χ0v) is 11.6. The number of hydrogen-bond donors (Lipinski definition) is 1. The third kappa shape index (κ3) is 3.11. The molecule has 0 unspecified atom stereocenters. The van der Waals surface area contributed by atoms with Gasteiger partial charge in [0.15, 0.2) is 0 Å². The molecule has 18 heavy (non-hydrogen) atoms. The van der Waals surface area contributed by atoms with Gasteiger partial charge >= 0.3 is 0 Å². The van der Waals surface area contributed by atoms with E-state index in [0.29, 0.717) is 16.1 Å². The Balaban J connectivity index is 2.19. The molecule has 0 aliphatic carbocycles. The van der Waals surface area contributed by atoms with Gasteiger partial charge in [0.05, 0.1) is 17.8 Å². The van der Waals surface area contributed by atoms with Crippen LogP contribution < -0.4 is 5.32 Å². The van der Waals surface area contributed by atoms with E-state index in [9.17, 15) is 8.68 Å². The minimum atomic E-state index is -0.266. The molecule has 92 valence electrons. The third-order valence-corrected chi connectivity index (χ3v) is 3.43. The van der Waals surface area contributed by atoms with E-state index in [-0.39, 0.29) is 18.1 Å². The highest BCUT2D eigenvalue weighted by Gasteiger charge is 2.08. The van der Waals surface area contributed by atoms with Crippen LogP contribution in [0.1, 0.15) is 10.4 Å². The summed E-state index contributed by atoms with van der Waals surface area (Å²) >= 11 is 3.47. The molecule has 2 nitrogen and oxygen atoms in total. The number of hydrogen-bond acceptors (Lipinski definition) is 2. The van der Waals surface area contributed by atoms with Crippen LogP contribution >= 0.6 is 28.1 Å². The van der Waals surface area contributed by atoms with Gasteiger partial charge in [0.1, 0.15) is 0 Å². The van der Waals surface area contributed by atoms with Crippen LogP contribution in [-0.4, -0.2) is 5.91 Å². The fourth-order valence-corrected chi connectivity index (χ4v) is 2.13. The lowest BCUT2D eigenvalue weighted by Crippen LogP contribution is -2.12. The lowest BCUT2D eigenvalue weighted by molar-refractivity contribution is 0.102. The van der Waals surface area contributed by atoms with Crippen molar-refractivity contribution >= 4 is 39.7 Å². The number of benzene rings is 2. The molecular formula is C13H9BrFNOS. The van der Waals surface area contributed by atoms with Crippen LogP contribution in [-0.2, 0) is 0 Å². The van der Waals surface area contributed by atoms with Crippen molar-refractivity contribution in [3.63, 3.8) is 0 Å². The molecule has 0 aromatic heterocycles. The van der Waals surface area contributed by atoms with Crippen molar-refractivity contribution in [1.29, 1.82) is 0 Å². The largest absolute Gasteiger partial charge is 0.321 e. The van der Waals surface area contributed by atoms with Crippen molar-refractivity contribution in [1.82, 2.24) is 0 Å². The number of nitrogens with one attached hydrogen (secondary N) is 1. The summed E-state index contributed by atoms with van der Waals surface area (Å²) < 4.78 is 13.2. The maximum atomic E-state index is 12.4. The van der Waals surface area contributed by atoms with E-state index in [4.69, 9.17) is 0 Å². The molecule has 0 spiro atoms. The molecule has 0 aliphatic heterocycles. The predicted octanol–water partition coefficient (Wildman–Crippen LogP) is 4.68. The maximum Gasteiger partial charge on any atom is 0.255 e. The first-order valence-corrected chi connectivity index (χ1v) is 6.66. The molecule has 1 N–H and O–H groups in total. The molecule has 0 heterocycles. The van der Waals surface area contributed by atoms with E-state index in [1.807, 2.05) is 18.2 Å². The molecule has 0 atom stereocenters. The lowest BCUT2D eigenvalue weighted by atomic mass is 10.2. The Bertz CT molecular complexity index is 576. The van der Waals surface area contributed by atoms with E-state index >= 15 is 0 Å². The van der Waals surface area contributed by atoms with E-state index in [1.165, 1.54) is 6.07 Å². The summed E-state index contributed by atoms with van der Waals surface area (Å²) in [7, 11) is 0. The first-order valence-electron chi connectivity index (χ1n) is 5.15. The zero-order chi connectivity index (χ0) is 13.0. The average Bonchev–Trinajstić information content (AvgIpc) is 2.41. The molecular weight excluding hydrogens is 317 g/mol. The second kappa shape index (κ2) is 6.02. The SMILES string of the molecule is O=C(Nc1ccccc1Br)c1cccc(SF)c1. The fourth-order valence-electron chi connectivity index (χ4n) is 1.44. The minimum Gasteiger partial charge on any atom is -0.321 e. The Hall–Kier alpha value is -1.33. The van der Waals surface area contributed by atoms with Crippen molar-refractivity contribution in [2.24, 2.45) is 0 Å². The smallest absolute Gasteiger partial charge is 0.255 e. The van der Waals surface area contributed by atoms with Gasteiger partial charge in [0, 0.05) is 14.9 Å². The van der Waals surface area contributed by atoms with Crippen LogP contribution in [0.2, 0.25) is 0 Å². The van der Waals surface area contributed by atoms with Gasteiger partial charge in [0.25, 0.3) is 5.91 Å². The monoisotopic (exact) mass is 325 g/mol. The number of amides is 1. The normalized spacial score (nSPS) is 10.1. The maximum absolute atomic E-state index is 12.4. The Labute approximate surface area is 117 Å². The Morgan fingerprint density at radius 1 is 1.17 bits per heavy atom. The van der Waals surface area contributed by atoms with Gasteiger partial charge in [-0.25, -0.2) is 0 Å². The Kier molecular flexibility index (Phi) is 4.38. The predicted molar refractivity (Wildman–Crippen MR) is 75.5 cm³/mol. The number of carbonyl (C=O) groups is 1. The molecule has 2 rings (SSSR count). The molecule has 2 aromatic rings. The first kappa shape index (κ1) is 13.1. The van der Waals surface area contributed by atoms with Crippen LogP contribution in [0.25, 0.3) is 0 Å². The van der Waals surface area contributed by atoms with Crippen molar-refractivity contribution < 1.29 is 8.68 Å². The summed E-state index contributed by atoms with van der Waals surface area (Å²) in [5.74, 6) is -0.266. The molecule has 1 amide bonds. The molecule has 0 saturated carbocycles. The summed E-state index contributed by atoms with van der Waals surface area (Å²) in [6.45, 7) is 0. The number of anilines is 1. The van der Waals surface area contributed by atoms with Crippen molar-refractivity contribution in [3.05, 3.63) is 58.6 Å². The third-order valence-electron chi connectivity index (χ3n) is 2.31. The van der Waals surface area contributed by atoms with Crippen molar-refractivity contribution in [2.45, 2.75) is 4.90 Å². The van der Waals surface area contributed by atoms with Crippen LogP contribution in [0.3, 0.4) is 0 Å². The van der Waals surface area contributed by atoms with Gasteiger partial charge in [-0.3, -0.25) is 4.79 Å². The topological polar surface area (TPSA) is 29.1 Å². The standard InChI is InChI=1S/C13H9BrFNOS/c14-11-6-1-2-7-12(11)16-13(17)9-4-3-5-10(8-9)18-15/h1-8H,(H,16,17). The second-order valence-electron chi connectivity index (χ2n) is 3.54. The van der Waals surface area contributed by atoms with Gasteiger partial charge in [0.2, 0.25) is 0 Å². The summed E-state index contributed by atoms with van der Waals surface area (Å²) in [5.41, 5.74) is 1.11. The minimum absolute atomic E-state index is 0.121. The number of carbonyl (C=O) groups excluding carboxylic acids is 1. The molecule has 2 aromatic carbocycles. The molecule has 0 aliphatic rings. The highest BCUT2D eigenvalue weighted by Crippen LogP contribution is 2.23. The van der Waals surface area contributed by atoms with Crippen LogP contribution in [0.4, 0.5) is 9.57 Å². The van der Waals surface area contributed by atoms with Crippen LogP contribution in [0.15, 0.2) is 57.9 Å². The quantitative estimate of drug-likeness (QED) is 0.887. The number of para-hydroxylation sites is 1. The van der Waals surface area contributed by atoms with E-state index in [1.54, 1.807) is 24.3 Å².